The van der Waals surface area contributed by atoms with E-state index in [-0.39, 0.29) is 0 Å². The van der Waals surface area contributed by atoms with Crippen LogP contribution in [0.2, 0.25) is 5.02 Å². The van der Waals surface area contributed by atoms with Crippen molar-refractivity contribution < 1.29 is 4.74 Å². The summed E-state index contributed by atoms with van der Waals surface area (Å²) in [6.45, 7) is 5.44. The molecule has 0 aromatic heterocycles. The minimum absolute atomic E-state index is 0.777. The quantitative estimate of drug-likeness (QED) is 0.618. The van der Waals surface area contributed by atoms with Crippen molar-refractivity contribution in [2.75, 3.05) is 25.0 Å². The standard InChI is InChI=1S/C19H25ClN2O/c1-2-3-13-23-18-9-6-8-17(14-18)22-12-11-21-15-16-7-4-5-10-19(16)20/h4-10,14,21-22H,2-3,11-13,15H2,1H3. The first-order chi connectivity index (χ1) is 11.3. The number of hydrogen-bond donors (Lipinski definition) is 2. The number of unbranched alkanes of at least 4 members (excludes halogenated alkanes) is 1. The maximum Gasteiger partial charge on any atom is 0.121 e. The highest BCUT2D eigenvalue weighted by molar-refractivity contribution is 6.31. The van der Waals surface area contributed by atoms with Gasteiger partial charge in [-0.2, -0.15) is 0 Å². The largest absolute Gasteiger partial charge is 0.494 e. The number of ether oxygens (including phenoxy) is 1. The van der Waals surface area contributed by atoms with Crippen LogP contribution in [0.15, 0.2) is 48.5 Å². The number of anilines is 1. The summed E-state index contributed by atoms with van der Waals surface area (Å²) < 4.78 is 5.72. The summed E-state index contributed by atoms with van der Waals surface area (Å²) in [5.41, 5.74) is 2.21. The average molecular weight is 333 g/mol. The van der Waals surface area contributed by atoms with Crippen LogP contribution in [0, 0.1) is 0 Å². The van der Waals surface area contributed by atoms with E-state index in [1.165, 1.54) is 0 Å². The first-order valence-corrected chi connectivity index (χ1v) is 8.58. The zero-order chi connectivity index (χ0) is 16.3. The van der Waals surface area contributed by atoms with E-state index in [1.54, 1.807) is 0 Å². The Labute approximate surface area is 144 Å². The van der Waals surface area contributed by atoms with Crippen LogP contribution in [0.5, 0.6) is 5.75 Å². The van der Waals surface area contributed by atoms with E-state index in [1.807, 2.05) is 42.5 Å². The maximum absolute atomic E-state index is 6.13. The molecule has 0 radical (unpaired) electrons. The van der Waals surface area contributed by atoms with Gasteiger partial charge in [-0.1, -0.05) is 49.2 Å². The Bertz CT molecular complexity index is 589. The number of benzene rings is 2. The Morgan fingerprint density at radius 1 is 1.04 bits per heavy atom. The van der Waals surface area contributed by atoms with E-state index in [0.29, 0.717) is 0 Å². The lowest BCUT2D eigenvalue weighted by atomic mass is 10.2. The maximum atomic E-state index is 6.13. The second kappa shape index (κ2) is 10.1. The number of rotatable bonds is 10. The third-order valence-electron chi connectivity index (χ3n) is 3.50. The summed E-state index contributed by atoms with van der Waals surface area (Å²) in [5, 5.41) is 7.60. The molecule has 0 saturated carbocycles. The molecule has 0 fully saturated rings. The SMILES string of the molecule is CCCCOc1cccc(NCCNCc2ccccc2Cl)c1. The highest BCUT2D eigenvalue weighted by atomic mass is 35.5. The first kappa shape index (κ1) is 17.6. The molecule has 0 heterocycles. The zero-order valence-corrected chi connectivity index (χ0v) is 14.4. The van der Waals surface area contributed by atoms with Gasteiger partial charge >= 0.3 is 0 Å². The molecule has 0 aliphatic carbocycles. The molecule has 4 heteroatoms. The highest BCUT2D eigenvalue weighted by Crippen LogP contribution is 2.17. The number of nitrogens with one attached hydrogen (secondary N) is 2. The Hall–Kier alpha value is -1.71. The van der Waals surface area contributed by atoms with Crippen molar-refractivity contribution in [2.24, 2.45) is 0 Å². The molecule has 0 amide bonds. The molecule has 2 N–H and O–H groups in total. The molecule has 2 aromatic carbocycles. The summed E-state index contributed by atoms with van der Waals surface area (Å²) >= 11 is 6.13. The average Bonchev–Trinajstić information content (AvgIpc) is 2.57. The monoisotopic (exact) mass is 332 g/mol. The van der Waals surface area contributed by atoms with Gasteiger partial charge in [0.2, 0.25) is 0 Å². The molecule has 3 nitrogen and oxygen atoms in total. The van der Waals surface area contributed by atoms with Crippen LogP contribution in [0.25, 0.3) is 0 Å². The Morgan fingerprint density at radius 3 is 2.74 bits per heavy atom. The normalized spacial score (nSPS) is 10.5. The topological polar surface area (TPSA) is 33.3 Å². The molecule has 2 aromatic rings. The molecular weight excluding hydrogens is 308 g/mol. The van der Waals surface area contributed by atoms with Crippen LogP contribution in [-0.2, 0) is 6.54 Å². The summed E-state index contributed by atoms with van der Waals surface area (Å²) in [6, 6.07) is 16.0. The van der Waals surface area contributed by atoms with Gasteiger partial charge in [-0.15, -0.1) is 0 Å². The molecular formula is C19H25ClN2O. The second-order valence-corrected chi connectivity index (χ2v) is 5.83. The summed E-state index contributed by atoms with van der Waals surface area (Å²) in [7, 11) is 0. The minimum Gasteiger partial charge on any atom is -0.494 e. The number of hydrogen-bond acceptors (Lipinski definition) is 3. The lowest BCUT2D eigenvalue weighted by Gasteiger charge is -2.11. The van der Waals surface area contributed by atoms with Gasteiger partial charge in [-0.05, 0) is 30.2 Å². The van der Waals surface area contributed by atoms with Gasteiger partial charge in [0.15, 0.2) is 0 Å². The third-order valence-corrected chi connectivity index (χ3v) is 3.87. The molecule has 0 aliphatic rings. The zero-order valence-electron chi connectivity index (χ0n) is 13.6. The molecule has 0 spiro atoms. The van der Waals surface area contributed by atoms with Gasteiger partial charge in [0.1, 0.15) is 5.75 Å². The number of halogens is 1. The fourth-order valence-electron chi connectivity index (χ4n) is 2.19. The Balaban J connectivity index is 1.68. The predicted molar refractivity (Wildman–Crippen MR) is 98.5 cm³/mol. The Morgan fingerprint density at radius 2 is 1.91 bits per heavy atom. The fourth-order valence-corrected chi connectivity index (χ4v) is 2.39. The predicted octanol–water partition coefficient (Wildman–Crippen LogP) is 4.72. The molecule has 0 unspecified atom stereocenters. The second-order valence-electron chi connectivity index (χ2n) is 5.42. The van der Waals surface area contributed by atoms with E-state index >= 15 is 0 Å². The Kier molecular flexibility index (Phi) is 7.78. The van der Waals surface area contributed by atoms with Crippen LogP contribution in [0.4, 0.5) is 5.69 Å². The molecule has 124 valence electrons. The fraction of sp³-hybridized carbons (Fsp3) is 0.368. The highest BCUT2D eigenvalue weighted by Gasteiger charge is 1.99. The van der Waals surface area contributed by atoms with Gasteiger partial charge in [0, 0.05) is 36.4 Å². The molecule has 2 rings (SSSR count). The molecule has 0 saturated heterocycles. The van der Waals surface area contributed by atoms with Crippen molar-refractivity contribution in [3.05, 3.63) is 59.1 Å². The molecule has 0 aliphatic heterocycles. The van der Waals surface area contributed by atoms with E-state index in [4.69, 9.17) is 16.3 Å². The van der Waals surface area contributed by atoms with Crippen LogP contribution in [0.1, 0.15) is 25.3 Å². The smallest absolute Gasteiger partial charge is 0.121 e. The van der Waals surface area contributed by atoms with Gasteiger partial charge < -0.3 is 15.4 Å². The summed E-state index contributed by atoms with van der Waals surface area (Å²) in [5.74, 6) is 0.924. The van der Waals surface area contributed by atoms with Crippen molar-refractivity contribution >= 4 is 17.3 Å². The summed E-state index contributed by atoms with van der Waals surface area (Å²) in [4.78, 5) is 0. The van der Waals surface area contributed by atoms with Crippen molar-refractivity contribution in [3.8, 4) is 5.75 Å². The summed E-state index contributed by atoms with van der Waals surface area (Å²) in [6.07, 6.45) is 2.23. The van der Waals surface area contributed by atoms with Crippen LogP contribution in [0.3, 0.4) is 0 Å². The van der Waals surface area contributed by atoms with Crippen LogP contribution in [-0.4, -0.2) is 19.7 Å². The van der Waals surface area contributed by atoms with Gasteiger partial charge in [-0.25, -0.2) is 0 Å². The molecule has 23 heavy (non-hydrogen) atoms. The van der Waals surface area contributed by atoms with Crippen molar-refractivity contribution in [3.63, 3.8) is 0 Å². The van der Waals surface area contributed by atoms with Gasteiger partial charge in [-0.3, -0.25) is 0 Å². The first-order valence-electron chi connectivity index (χ1n) is 8.20. The van der Waals surface area contributed by atoms with E-state index < -0.39 is 0 Å². The third kappa shape index (κ3) is 6.51. The van der Waals surface area contributed by atoms with Crippen LogP contribution < -0.4 is 15.4 Å². The van der Waals surface area contributed by atoms with E-state index in [2.05, 4.69) is 23.6 Å². The van der Waals surface area contributed by atoms with Gasteiger partial charge in [0.05, 0.1) is 6.61 Å². The molecule has 0 bridgehead atoms. The van der Waals surface area contributed by atoms with Crippen molar-refractivity contribution in [1.82, 2.24) is 5.32 Å². The lowest BCUT2D eigenvalue weighted by molar-refractivity contribution is 0.309. The van der Waals surface area contributed by atoms with E-state index in [0.717, 1.165) is 61.1 Å². The van der Waals surface area contributed by atoms with Crippen molar-refractivity contribution in [2.45, 2.75) is 26.3 Å². The van der Waals surface area contributed by atoms with Crippen molar-refractivity contribution in [1.29, 1.82) is 0 Å². The molecule has 0 atom stereocenters. The minimum atomic E-state index is 0.777. The van der Waals surface area contributed by atoms with Crippen LogP contribution >= 0.6 is 11.6 Å². The van der Waals surface area contributed by atoms with E-state index in [9.17, 15) is 0 Å². The van der Waals surface area contributed by atoms with Gasteiger partial charge in [0.25, 0.3) is 0 Å². The lowest BCUT2D eigenvalue weighted by Crippen LogP contribution is -2.21.